The Morgan fingerprint density at radius 3 is 2.55 bits per heavy atom. The first-order chi connectivity index (χ1) is 10.5. The lowest BCUT2D eigenvalue weighted by Gasteiger charge is -2.10. The minimum Gasteiger partial charge on any atom is -0.444 e. The number of carbonyl (C=O) groups is 1. The van der Waals surface area contributed by atoms with Crippen molar-refractivity contribution in [1.82, 2.24) is 0 Å². The number of benzene rings is 2. The molecule has 6 heteroatoms. The summed E-state index contributed by atoms with van der Waals surface area (Å²) < 4.78 is 5.08. The van der Waals surface area contributed by atoms with Gasteiger partial charge in [-0.3, -0.25) is 15.4 Å². The lowest BCUT2D eigenvalue weighted by atomic mass is 10.1. The molecule has 1 amide bonds. The summed E-state index contributed by atoms with van der Waals surface area (Å²) in [5.74, 6) is 0. The van der Waals surface area contributed by atoms with Crippen molar-refractivity contribution in [3.8, 4) is 0 Å². The van der Waals surface area contributed by atoms with Crippen LogP contribution in [-0.4, -0.2) is 11.0 Å². The van der Waals surface area contributed by atoms with E-state index in [2.05, 4.69) is 5.32 Å². The SMILES string of the molecule is Cc1cc(C)c(NC(=O)OCc2ccccc2)c([N+](=O)[O-])c1. The van der Waals surface area contributed by atoms with Crippen LogP contribution in [0.2, 0.25) is 0 Å². The van der Waals surface area contributed by atoms with Crippen molar-refractivity contribution in [2.75, 3.05) is 5.32 Å². The van der Waals surface area contributed by atoms with Gasteiger partial charge >= 0.3 is 6.09 Å². The number of rotatable bonds is 4. The topological polar surface area (TPSA) is 81.5 Å². The number of hydrogen-bond donors (Lipinski definition) is 1. The molecule has 1 N–H and O–H groups in total. The number of amides is 1. The lowest BCUT2D eigenvalue weighted by Crippen LogP contribution is -2.15. The van der Waals surface area contributed by atoms with E-state index in [1.807, 2.05) is 30.3 Å². The maximum absolute atomic E-state index is 11.8. The van der Waals surface area contributed by atoms with E-state index in [0.29, 0.717) is 5.56 Å². The van der Waals surface area contributed by atoms with E-state index in [1.165, 1.54) is 6.07 Å². The lowest BCUT2D eigenvalue weighted by molar-refractivity contribution is -0.384. The van der Waals surface area contributed by atoms with E-state index < -0.39 is 11.0 Å². The zero-order valence-corrected chi connectivity index (χ0v) is 12.3. The summed E-state index contributed by atoms with van der Waals surface area (Å²) in [7, 11) is 0. The van der Waals surface area contributed by atoms with Crippen molar-refractivity contribution in [3.05, 3.63) is 69.3 Å². The molecule has 0 bridgehead atoms. The molecule has 0 saturated carbocycles. The molecule has 0 aliphatic carbocycles. The van der Waals surface area contributed by atoms with Crippen molar-refractivity contribution in [2.24, 2.45) is 0 Å². The van der Waals surface area contributed by atoms with Crippen LogP contribution in [0, 0.1) is 24.0 Å². The zero-order chi connectivity index (χ0) is 16.1. The Kier molecular flexibility index (Phi) is 4.73. The van der Waals surface area contributed by atoms with Crippen LogP contribution in [0.4, 0.5) is 16.2 Å². The third-order valence-electron chi connectivity index (χ3n) is 3.10. The van der Waals surface area contributed by atoms with Crippen LogP contribution >= 0.6 is 0 Å². The molecule has 0 fully saturated rings. The maximum atomic E-state index is 11.8. The van der Waals surface area contributed by atoms with Crippen LogP contribution in [0.5, 0.6) is 0 Å². The van der Waals surface area contributed by atoms with Gasteiger partial charge in [0, 0.05) is 6.07 Å². The van der Waals surface area contributed by atoms with E-state index in [-0.39, 0.29) is 18.0 Å². The van der Waals surface area contributed by atoms with Crippen LogP contribution in [0.3, 0.4) is 0 Å². The van der Waals surface area contributed by atoms with Gasteiger partial charge in [-0.1, -0.05) is 36.4 Å². The predicted octanol–water partition coefficient (Wildman–Crippen LogP) is 3.96. The zero-order valence-electron chi connectivity index (χ0n) is 12.3. The number of carbonyl (C=O) groups excluding carboxylic acids is 1. The summed E-state index contributed by atoms with van der Waals surface area (Å²) in [5.41, 5.74) is 2.23. The van der Waals surface area contributed by atoms with E-state index in [1.54, 1.807) is 19.9 Å². The number of ether oxygens (including phenoxy) is 1. The minimum absolute atomic E-state index is 0.103. The van der Waals surface area contributed by atoms with Crippen molar-refractivity contribution >= 4 is 17.5 Å². The highest BCUT2D eigenvalue weighted by atomic mass is 16.6. The van der Waals surface area contributed by atoms with Gasteiger partial charge in [0.15, 0.2) is 0 Å². The highest BCUT2D eigenvalue weighted by Gasteiger charge is 2.19. The third kappa shape index (κ3) is 3.82. The van der Waals surface area contributed by atoms with E-state index in [4.69, 9.17) is 4.74 Å². The molecule has 0 aliphatic heterocycles. The number of nitro benzene ring substituents is 1. The minimum atomic E-state index is -0.723. The van der Waals surface area contributed by atoms with Crippen molar-refractivity contribution in [3.63, 3.8) is 0 Å². The fraction of sp³-hybridized carbons (Fsp3) is 0.188. The van der Waals surface area contributed by atoms with Gasteiger partial charge in [-0.05, 0) is 30.5 Å². The Morgan fingerprint density at radius 1 is 1.23 bits per heavy atom. The van der Waals surface area contributed by atoms with Gasteiger partial charge in [0.2, 0.25) is 0 Å². The summed E-state index contributed by atoms with van der Waals surface area (Å²) in [6, 6.07) is 12.4. The molecule has 0 atom stereocenters. The average Bonchev–Trinajstić information content (AvgIpc) is 2.48. The molecule has 0 spiro atoms. The molecule has 0 aliphatic rings. The molecule has 0 heterocycles. The molecular weight excluding hydrogens is 284 g/mol. The number of nitrogens with one attached hydrogen (secondary N) is 1. The summed E-state index contributed by atoms with van der Waals surface area (Å²) in [6.07, 6.45) is -0.723. The van der Waals surface area contributed by atoms with Crippen molar-refractivity contribution < 1.29 is 14.5 Å². The average molecular weight is 300 g/mol. The Bertz CT molecular complexity index is 699. The molecule has 22 heavy (non-hydrogen) atoms. The first kappa shape index (κ1) is 15.5. The van der Waals surface area contributed by atoms with Crippen LogP contribution in [-0.2, 0) is 11.3 Å². The van der Waals surface area contributed by atoms with Gasteiger partial charge in [0.1, 0.15) is 12.3 Å². The highest BCUT2D eigenvalue weighted by Crippen LogP contribution is 2.29. The molecule has 0 aromatic heterocycles. The first-order valence-electron chi connectivity index (χ1n) is 6.70. The molecule has 2 rings (SSSR count). The quantitative estimate of drug-likeness (QED) is 0.684. The molecule has 0 radical (unpaired) electrons. The Hall–Kier alpha value is -2.89. The molecule has 0 saturated heterocycles. The summed E-state index contributed by atoms with van der Waals surface area (Å²) in [4.78, 5) is 22.4. The summed E-state index contributed by atoms with van der Waals surface area (Å²) >= 11 is 0. The number of anilines is 1. The number of nitrogens with zero attached hydrogens (tertiary/aromatic N) is 1. The van der Waals surface area contributed by atoms with Gasteiger partial charge in [-0.15, -0.1) is 0 Å². The molecule has 0 unspecified atom stereocenters. The van der Waals surface area contributed by atoms with Crippen LogP contribution in [0.25, 0.3) is 0 Å². The number of hydrogen-bond acceptors (Lipinski definition) is 4. The van der Waals surface area contributed by atoms with Crippen molar-refractivity contribution in [2.45, 2.75) is 20.5 Å². The monoisotopic (exact) mass is 300 g/mol. The second-order valence-corrected chi connectivity index (χ2v) is 4.92. The fourth-order valence-electron chi connectivity index (χ4n) is 2.11. The Morgan fingerprint density at radius 2 is 1.91 bits per heavy atom. The van der Waals surface area contributed by atoms with E-state index >= 15 is 0 Å². The molecular formula is C16H16N2O4. The Balaban J connectivity index is 2.10. The summed E-state index contributed by atoms with van der Waals surface area (Å²) in [6.45, 7) is 3.57. The summed E-state index contributed by atoms with van der Waals surface area (Å²) in [5, 5.41) is 13.6. The van der Waals surface area contributed by atoms with E-state index in [9.17, 15) is 14.9 Å². The van der Waals surface area contributed by atoms with Crippen molar-refractivity contribution in [1.29, 1.82) is 0 Å². The largest absolute Gasteiger partial charge is 0.444 e. The van der Waals surface area contributed by atoms with E-state index in [0.717, 1.165) is 11.1 Å². The highest BCUT2D eigenvalue weighted by molar-refractivity contribution is 5.89. The smallest absolute Gasteiger partial charge is 0.412 e. The second-order valence-electron chi connectivity index (χ2n) is 4.92. The van der Waals surface area contributed by atoms with Gasteiger partial charge in [0.25, 0.3) is 5.69 Å². The molecule has 2 aromatic carbocycles. The van der Waals surface area contributed by atoms with Crippen LogP contribution < -0.4 is 5.32 Å². The fourth-order valence-corrected chi connectivity index (χ4v) is 2.11. The number of nitro groups is 1. The second kappa shape index (κ2) is 6.71. The maximum Gasteiger partial charge on any atom is 0.412 e. The van der Waals surface area contributed by atoms with Crippen LogP contribution in [0.1, 0.15) is 16.7 Å². The van der Waals surface area contributed by atoms with Gasteiger partial charge < -0.3 is 4.74 Å². The molecule has 6 nitrogen and oxygen atoms in total. The third-order valence-corrected chi connectivity index (χ3v) is 3.10. The molecule has 2 aromatic rings. The van der Waals surface area contributed by atoms with Gasteiger partial charge in [-0.25, -0.2) is 4.79 Å². The standard InChI is InChI=1S/C16H16N2O4/c1-11-8-12(2)15(14(9-11)18(20)21)17-16(19)22-10-13-6-4-3-5-7-13/h3-9H,10H2,1-2H3,(H,17,19). The Labute approximate surface area is 127 Å². The number of aryl methyl sites for hydroxylation is 2. The normalized spacial score (nSPS) is 10.1. The first-order valence-corrected chi connectivity index (χ1v) is 6.70. The van der Waals surface area contributed by atoms with Gasteiger partial charge in [-0.2, -0.15) is 0 Å². The van der Waals surface area contributed by atoms with Crippen LogP contribution in [0.15, 0.2) is 42.5 Å². The predicted molar refractivity (Wildman–Crippen MR) is 82.8 cm³/mol. The van der Waals surface area contributed by atoms with Gasteiger partial charge in [0.05, 0.1) is 4.92 Å². The molecule has 114 valence electrons.